The Bertz CT molecular complexity index is 1140. The molecule has 4 rings (SSSR count). The van der Waals surface area contributed by atoms with Crippen LogP contribution >= 0.6 is 23.4 Å². The van der Waals surface area contributed by atoms with E-state index < -0.39 is 27.0 Å². The molecule has 0 radical (unpaired) electrons. The van der Waals surface area contributed by atoms with E-state index in [1.54, 1.807) is 4.90 Å². The van der Waals surface area contributed by atoms with Crippen molar-refractivity contribution < 1.29 is 22.4 Å². The summed E-state index contributed by atoms with van der Waals surface area (Å²) in [6, 6.07) is 7.74. The minimum atomic E-state index is -4.11. The first kappa shape index (κ1) is 21.0. The van der Waals surface area contributed by atoms with Gasteiger partial charge in [-0.15, -0.1) is 11.8 Å². The molecule has 0 saturated carbocycles. The normalized spacial score (nSPS) is 18.7. The topological polar surface area (TPSA) is 95.6 Å². The van der Waals surface area contributed by atoms with Gasteiger partial charge in [-0.05, 0) is 49.2 Å². The number of nitrogens with zero attached hydrogens (tertiary/aromatic N) is 1. The Kier molecular flexibility index (Phi) is 5.65. The number of thioether (sulfide) groups is 1. The summed E-state index contributed by atoms with van der Waals surface area (Å²) in [5.74, 6) is -1.54. The van der Waals surface area contributed by atoms with E-state index in [-0.39, 0.29) is 27.2 Å². The van der Waals surface area contributed by atoms with Gasteiger partial charge in [-0.2, -0.15) is 0 Å². The summed E-state index contributed by atoms with van der Waals surface area (Å²) in [6.45, 7) is 1.28. The molecule has 0 unspecified atom stereocenters. The second kappa shape index (κ2) is 8.09. The number of benzene rings is 2. The summed E-state index contributed by atoms with van der Waals surface area (Å²) in [5, 5.41) is 1.86. The van der Waals surface area contributed by atoms with Gasteiger partial charge in [-0.3, -0.25) is 14.3 Å². The third-order valence-electron chi connectivity index (χ3n) is 4.82. The largest absolute Gasteiger partial charge is 0.341 e. The molecule has 2 aromatic rings. The zero-order valence-electron chi connectivity index (χ0n) is 15.5. The molecule has 0 aromatic heterocycles. The summed E-state index contributed by atoms with van der Waals surface area (Å²) in [5.41, 5.74) is 0.0433. The van der Waals surface area contributed by atoms with Gasteiger partial charge in [0.15, 0.2) is 5.25 Å². The van der Waals surface area contributed by atoms with Crippen molar-refractivity contribution in [2.75, 3.05) is 23.1 Å². The lowest BCUT2D eigenvalue weighted by molar-refractivity contribution is -0.133. The average molecular weight is 470 g/mol. The highest BCUT2D eigenvalue weighted by Crippen LogP contribution is 2.38. The van der Waals surface area contributed by atoms with Crippen molar-refractivity contribution in [3.05, 3.63) is 47.2 Å². The number of halogens is 2. The quantitative estimate of drug-likeness (QED) is 0.670. The van der Waals surface area contributed by atoms with Crippen LogP contribution in [0.2, 0.25) is 5.02 Å². The fourth-order valence-electron chi connectivity index (χ4n) is 3.30. The fourth-order valence-corrected chi connectivity index (χ4v) is 5.60. The molecule has 11 heteroatoms. The molecule has 158 valence electrons. The monoisotopic (exact) mass is 469 g/mol. The molecule has 2 aliphatic rings. The van der Waals surface area contributed by atoms with Crippen molar-refractivity contribution in [2.24, 2.45) is 0 Å². The second-order valence-corrected chi connectivity index (χ2v) is 10.2. The number of amides is 2. The van der Waals surface area contributed by atoms with Crippen LogP contribution in [0, 0.1) is 5.82 Å². The maximum absolute atomic E-state index is 14.0. The molecule has 0 bridgehead atoms. The summed E-state index contributed by atoms with van der Waals surface area (Å²) >= 11 is 6.78. The lowest BCUT2D eigenvalue weighted by Crippen LogP contribution is -2.43. The van der Waals surface area contributed by atoms with Crippen LogP contribution in [0.5, 0.6) is 0 Å². The van der Waals surface area contributed by atoms with Crippen LogP contribution in [0.3, 0.4) is 0 Å². The Balaban J connectivity index is 1.56. The van der Waals surface area contributed by atoms with E-state index in [4.69, 9.17) is 11.6 Å². The van der Waals surface area contributed by atoms with Crippen LogP contribution in [-0.4, -0.2) is 43.5 Å². The van der Waals surface area contributed by atoms with Gasteiger partial charge in [-0.25, -0.2) is 12.8 Å². The molecule has 2 aromatic carbocycles. The third-order valence-corrected chi connectivity index (χ3v) is 7.68. The Hall–Kier alpha value is -2.30. The molecule has 2 amide bonds. The minimum absolute atomic E-state index is 0.141. The predicted octanol–water partition coefficient (Wildman–Crippen LogP) is 3.32. The number of hydrogen-bond donors (Lipinski definition) is 2. The van der Waals surface area contributed by atoms with Crippen LogP contribution in [0.15, 0.2) is 46.2 Å². The van der Waals surface area contributed by atoms with Crippen molar-refractivity contribution in [2.45, 2.75) is 27.9 Å². The second-order valence-electron chi connectivity index (χ2n) is 6.91. The van der Waals surface area contributed by atoms with Gasteiger partial charge in [0.1, 0.15) is 5.82 Å². The molecular formula is C19H17ClFN3O4S2. The molecule has 2 aliphatic heterocycles. The fraction of sp³-hybridized carbons (Fsp3) is 0.263. The average Bonchev–Trinajstić information content (AvgIpc) is 3.23. The lowest BCUT2D eigenvalue weighted by atomic mass is 10.2. The first-order valence-corrected chi connectivity index (χ1v) is 11.9. The van der Waals surface area contributed by atoms with Crippen molar-refractivity contribution in [1.29, 1.82) is 0 Å². The molecule has 1 atom stereocenters. The van der Waals surface area contributed by atoms with Crippen molar-refractivity contribution >= 4 is 56.6 Å². The van der Waals surface area contributed by atoms with E-state index in [0.717, 1.165) is 30.7 Å². The van der Waals surface area contributed by atoms with Gasteiger partial charge in [-0.1, -0.05) is 11.6 Å². The summed E-state index contributed by atoms with van der Waals surface area (Å²) in [4.78, 5) is 27.2. The zero-order valence-corrected chi connectivity index (χ0v) is 17.9. The highest BCUT2D eigenvalue weighted by atomic mass is 35.5. The van der Waals surface area contributed by atoms with E-state index in [0.29, 0.717) is 18.0 Å². The number of carbonyl (C=O) groups is 2. The van der Waals surface area contributed by atoms with Crippen LogP contribution < -0.4 is 10.0 Å². The van der Waals surface area contributed by atoms with Gasteiger partial charge in [0.05, 0.1) is 16.3 Å². The number of fused-ring (bicyclic) bond motifs is 1. The zero-order chi connectivity index (χ0) is 21.5. The maximum Gasteiger partial charge on any atom is 0.262 e. The number of rotatable bonds is 4. The molecule has 1 saturated heterocycles. The first-order valence-electron chi connectivity index (χ1n) is 9.13. The van der Waals surface area contributed by atoms with E-state index in [1.807, 2.05) is 0 Å². The van der Waals surface area contributed by atoms with Gasteiger partial charge >= 0.3 is 0 Å². The van der Waals surface area contributed by atoms with E-state index >= 15 is 0 Å². The van der Waals surface area contributed by atoms with Crippen molar-refractivity contribution in [1.82, 2.24) is 4.90 Å². The number of carbonyl (C=O) groups excluding carboxylic acids is 2. The molecule has 30 heavy (non-hydrogen) atoms. The molecule has 1 fully saturated rings. The Labute approximate surface area is 182 Å². The van der Waals surface area contributed by atoms with Crippen molar-refractivity contribution in [3.63, 3.8) is 0 Å². The summed E-state index contributed by atoms with van der Waals surface area (Å²) < 4.78 is 41.5. The predicted molar refractivity (Wildman–Crippen MR) is 113 cm³/mol. The van der Waals surface area contributed by atoms with E-state index in [1.165, 1.54) is 30.3 Å². The lowest BCUT2D eigenvalue weighted by Gasteiger charge is -2.27. The Morgan fingerprint density at radius 1 is 1.20 bits per heavy atom. The third kappa shape index (κ3) is 4.12. The number of anilines is 2. The maximum atomic E-state index is 14.0. The minimum Gasteiger partial charge on any atom is -0.341 e. The Morgan fingerprint density at radius 3 is 2.63 bits per heavy atom. The SMILES string of the molecule is O=C1Nc2cc(S(=O)(=O)Nc3ccc(Cl)cc3F)ccc2S[C@H]1C(=O)N1CCCC1. The van der Waals surface area contributed by atoms with E-state index in [2.05, 4.69) is 10.0 Å². The molecular weight excluding hydrogens is 453 g/mol. The first-order chi connectivity index (χ1) is 14.2. The standard InChI is InChI=1S/C19H17ClFN3O4S2/c20-11-3-5-14(13(21)9-11)23-30(27,28)12-4-6-16-15(10-12)22-18(25)17(29-16)19(26)24-7-1-2-8-24/h3-6,9-10,17,23H,1-2,7-8H2,(H,22,25)/t17-/m1/s1. The highest BCUT2D eigenvalue weighted by molar-refractivity contribution is 8.01. The van der Waals surface area contributed by atoms with Crippen LogP contribution in [0.25, 0.3) is 0 Å². The highest BCUT2D eigenvalue weighted by Gasteiger charge is 2.37. The number of hydrogen-bond acceptors (Lipinski definition) is 5. The number of sulfonamides is 1. The Morgan fingerprint density at radius 2 is 1.93 bits per heavy atom. The van der Waals surface area contributed by atoms with Gasteiger partial charge < -0.3 is 10.2 Å². The number of nitrogens with one attached hydrogen (secondary N) is 2. The van der Waals surface area contributed by atoms with Gasteiger partial charge in [0.2, 0.25) is 11.8 Å². The molecule has 2 N–H and O–H groups in total. The molecule has 0 spiro atoms. The van der Waals surface area contributed by atoms with Crippen molar-refractivity contribution in [3.8, 4) is 0 Å². The van der Waals surface area contributed by atoms with Gasteiger partial charge in [0.25, 0.3) is 10.0 Å². The van der Waals surface area contributed by atoms with Gasteiger partial charge in [0, 0.05) is 23.0 Å². The van der Waals surface area contributed by atoms with Crippen LogP contribution in [0.4, 0.5) is 15.8 Å². The van der Waals surface area contributed by atoms with E-state index in [9.17, 15) is 22.4 Å². The van der Waals surface area contributed by atoms with Crippen LogP contribution in [0.1, 0.15) is 12.8 Å². The summed E-state index contributed by atoms with van der Waals surface area (Å²) in [7, 11) is -4.11. The van der Waals surface area contributed by atoms with Crippen LogP contribution in [-0.2, 0) is 19.6 Å². The smallest absolute Gasteiger partial charge is 0.262 e. The molecule has 0 aliphatic carbocycles. The molecule has 7 nitrogen and oxygen atoms in total. The molecule has 2 heterocycles. The number of likely N-dealkylation sites (tertiary alicyclic amines) is 1. The summed E-state index contributed by atoms with van der Waals surface area (Å²) in [6.07, 6.45) is 1.84.